The van der Waals surface area contributed by atoms with Crippen LogP contribution >= 0.6 is 11.6 Å². The first kappa shape index (κ1) is 13.3. The van der Waals surface area contributed by atoms with Crippen LogP contribution in [0.1, 0.15) is 33.6 Å². The van der Waals surface area contributed by atoms with Crippen molar-refractivity contribution in [2.75, 3.05) is 13.1 Å². The molecule has 1 rings (SSSR count). The average Bonchev–Trinajstić information content (AvgIpc) is 2.15. The summed E-state index contributed by atoms with van der Waals surface area (Å²) in [6.07, 6.45) is 1.26. The lowest BCUT2D eigenvalue weighted by atomic mass is 9.97. The molecular formula is C11H18ClNO3. The Morgan fingerprint density at radius 2 is 1.75 bits per heavy atom. The van der Waals surface area contributed by atoms with Crippen molar-refractivity contribution in [3.63, 3.8) is 0 Å². The normalized spacial score (nSPS) is 18.4. The summed E-state index contributed by atoms with van der Waals surface area (Å²) in [4.78, 5) is 24.2. The molecule has 1 heterocycles. The average molecular weight is 248 g/mol. The van der Waals surface area contributed by atoms with Gasteiger partial charge in [-0.05, 0) is 45.2 Å². The van der Waals surface area contributed by atoms with Gasteiger partial charge in [-0.2, -0.15) is 0 Å². The Kier molecular flexibility index (Phi) is 4.19. The smallest absolute Gasteiger partial charge is 0.316 e. The number of hydrogen-bond donors (Lipinski definition) is 0. The zero-order valence-corrected chi connectivity index (χ0v) is 10.7. The Hall–Kier alpha value is -0.770. The lowest BCUT2D eigenvalue weighted by molar-refractivity contribution is -0.161. The van der Waals surface area contributed by atoms with Gasteiger partial charge in [0.05, 0.1) is 5.92 Å². The Labute approximate surface area is 101 Å². The predicted octanol–water partition coefficient (Wildman–Crippen LogP) is 2.40. The van der Waals surface area contributed by atoms with Crippen molar-refractivity contribution in [3.8, 4) is 0 Å². The van der Waals surface area contributed by atoms with Crippen LogP contribution in [0.2, 0.25) is 0 Å². The molecule has 0 aromatic heterocycles. The third-order valence-electron chi connectivity index (χ3n) is 2.48. The van der Waals surface area contributed by atoms with Gasteiger partial charge in [-0.1, -0.05) is 0 Å². The summed E-state index contributed by atoms with van der Waals surface area (Å²) in [5.41, 5.74) is -0.448. The van der Waals surface area contributed by atoms with Gasteiger partial charge >= 0.3 is 11.3 Å². The van der Waals surface area contributed by atoms with E-state index in [-0.39, 0.29) is 11.9 Å². The van der Waals surface area contributed by atoms with Crippen molar-refractivity contribution in [2.24, 2.45) is 5.92 Å². The standard InChI is InChI=1S/C11H18ClNO3/c1-11(2,3)16-9(14)8-4-6-13(7-5-8)10(12)15/h8H,4-7H2,1-3H3. The highest BCUT2D eigenvalue weighted by Crippen LogP contribution is 2.22. The molecule has 1 amide bonds. The van der Waals surface area contributed by atoms with Crippen LogP contribution in [-0.2, 0) is 9.53 Å². The Bertz CT molecular complexity index is 277. The summed E-state index contributed by atoms with van der Waals surface area (Å²) in [6, 6.07) is 0. The minimum absolute atomic E-state index is 0.105. The molecule has 0 N–H and O–H groups in total. The highest BCUT2D eigenvalue weighted by atomic mass is 35.5. The predicted molar refractivity (Wildman–Crippen MR) is 61.4 cm³/mol. The van der Waals surface area contributed by atoms with E-state index in [9.17, 15) is 9.59 Å². The number of rotatable bonds is 1. The lowest BCUT2D eigenvalue weighted by Crippen LogP contribution is -2.39. The van der Waals surface area contributed by atoms with Crippen LogP contribution in [0.15, 0.2) is 0 Å². The summed E-state index contributed by atoms with van der Waals surface area (Å²) in [5, 5.41) is -0.442. The molecule has 0 bridgehead atoms. The van der Waals surface area contributed by atoms with Crippen LogP contribution in [-0.4, -0.2) is 34.9 Å². The highest BCUT2D eigenvalue weighted by Gasteiger charge is 2.29. The minimum Gasteiger partial charge on any atom is -0.460 e. The van der Waals surface area contributed by atoms with Gasteiger partial charge in [-0.25, -0.2) is 0 Å². The van der Waals surface area contributed by atoms with E-state index < -0.39 is 11.0 Å². The van der Waals surface area contributed by atoms with Crippen LogP contribution < -0.4 is 0 Å². The molecule has 0 saturated carbocycles. The van der Waals surface area contributed by atoms with E-state index in [0.29, 0.717) is 25.9 Å². The lowest BCUT2D eigenvalue weighted by Gasteiger charge is -2.31. The first-order valence-electron chi connectivity index (χ1n) is 5.47. The summed E-state index contributed by atoms with van der Waals surface area (Å²) in [6.45, 7) is 6.62. The third-order valence-corrected chi connectivity index (χ3v) is 2.72. The van der Waals surface area contributed by atoms with Crippen LogP contribution in [0.3, 0.4) is 0 Å². The van der Waals surface area contributed by atoms with Crippen molar-refractivity contribution in [1.29, 1.82) is 0 Å². The van der Waals surface area contributed by atoms with Gasteiger partial charge < -0.3 is 9.64 Å². The van der Waals surface area contributed by atoms with Gasteiger partial charge in [0.25, 0.3) is 0 Å². The largest absolute Gasteiger partial charge is 0.460 e. The monoisotopic (exact) mass is 247 g/mol. The number of carbonyl (C=O) groups is 2. The van der Waals surface area contributed by atoms with E-state index in [4.69, 9.17) is 16.3 Å². The SMILES string of the molecule is CC(C)(C)OC(=O)C1CCN(C(=O)Cl)CC1. The van der Waals surface area contributed by atoms with Crippen LogP contribution in [0.4, 0.5) is 4.79 Å². The van der Waals surface area contributed by atoms with E-state index in [2.05, 4.69) is 0 Å². The first-order chi connectivity index (χ1) is 7.29. The maximum Gasteiger partial charge on any atom is 0.316 e. The molecule has 4 nitrogen and oxygen atoms in total. The van der Waals surface area contributed by atoms with E-state index in [1.807, 2.05) is 20.8 Å². The maximum atomic E-state index is 11.7. The molecule has 1 aliphatic heterocycles. The minimum atomic E-state index is -0.448. The number of esters is 1. The van der Waals surface area contributed by atoms with Crippen LogP contribution in [0.5, 0.6) is 0 Å². The molecule has 1 saturated heterocycles. The molecule has 0 aromatic carbocycles. The topological polar surface area (TPSA) is 46.6 Å². The number of ether oxygens (including phenoxy) is 1. The van der Waals surface area contributed by atoms with Crippen molar-refractivity contribution < 1.29 is 14.3 Å². The molecule has 0 atom stereocenters. The summed E-state index contributed by atoms with van der Waals surface area (Å²) >= 11 is 5.36. The molecule has 0 radical (unpaired) electrons. The number of nitrogens with zero attached hydrogens (tertiary/aromatic N) is 1. The number of carbonyl (C=O) groups excluding carboxylic acids is 2. The van der Waals surface area contributed by atoms with Crippen molar-refractivity contribution in [1.82, 2.24) is 4.90 Å². The van der Waals surface area contributed by atoms with Crippen molar-refractivity contribution in [2.45, 2.75) is 39.2 Å². The van der Waals surface area contributed by atoms with Crippen molar-refractivity contribution in [3.05, 3.63) is 0 Å². The van der Waals surface area contributed by atoms with E-state index >= 15 is 0 Å². The fraction of sp³-hybridized carbons (Fsp3) is 0.818. The quantitative estimate of drug-likeness (QED) is 0.406. The van der Waals surface area contributed by atoms with Gasteiger partial charge in [0.15, 0.2) is 0 Å². The van der Waals surface area contributed by atoms with Crippen LogP contribution in [0.25, 0.3) is 0 Å². The summed E-state index contributed by atoms with van der Waals surface area (Å²) in [5.74, 6) is -0.277. The molecule has 5 heteroatoms. The van der Waals surface area contributed by atoms with Gasteiger partial charge in [-0.15, -0.1) is 0 Å². The number of amides is 1. The molecular weight excluding hydrogens is 230 g/mol. The van der Waals surface area contributed by atoms with Crippen LogP contribution in [0, 0.1) is 5.92 Å². The molecule has 0 aliphatic carbocycles. The third kappa shape index (κ3) is 4.00. The zero-order valence-electron chi connectivity index (χ0n) is 9.96. The highest BCUT2D eigenvalue weighted by molar-refractivity contribution is 6.62. The number of piperidine rings is 1. The van der Waals surface area contributed by atoms with E-state index in [0.717, 1.165) is 0 Å². The Morgan fingerprint density at radius 1 is 1.25 bits per heavy atom. The number of likely N-dealkylation sites (tertiary alicyclic amines) is 1. The van der Waals surface area contributed by atoms with E-state index in [1.165, 1.54) is 0 Å². The fourth-order valence-corrected chi connectivity index (χ4v) is 1.85. The fourth-order valence-electron chi connectivity index (χ4n) is 1.68. The number of hydrogen-bond acceptors (Lipinski definition) is 3. The first-order valence-corrected chi connectivity index (χ1v) is 5.84. The Balaban J connectivity index is 2.42. The van der Waals surface area contributed by atoms with Gasteiger partial charge in [0.2, 0.25) is 0 Å². The summed E-state index contributed by atoms with van der Waals surface area (Å²) in [7, 11) is 0. The molecule has 92 valence electrons. The van der Waals surface area contributed by atoms with Gasteiger partial charge in [0.1, 0.15) is 5.60 Å². The molecule has 16 heavy (non-hydrogen) atoms. The molecule has 0 spiro atoms. The molecule has 1 fully saturated rings. The van der Waals surface area contributed by atoms with E-state index in [1.54, 1.807) is 4.90 Å². The van der Waals surface area contributed by atoms with Gasteiger partial charge in [-0.3, -0.25) is 9.59 Å². The second kappa shape index (κ2) is 5.04. The number of halogens is 1. The van der Waals surface area contributed by atoms with Gasteiger partial charge in [0, 0.05) is 13.1 Å². The second-order valence-corrected chi connectivity index (χ2v) is 5.37. The maximum absolute atomic E-state index is 11.7. The van der Waals surface area contributed by atoms with Crippen molar-refractivity contribution >= 4 is 22.9 Å². The zero-order chi connectivity index (χ0) is 12.3. The molecule has 0 unspecified atom stereocenters. The molecule has 0 aromatic rings. The second-order valence-electron chi connectivity index (χ2n) is 5.05. The Morgan fingerprint density at radius 3 is 2.12 bits per heavy atom. The summed E-state index contributed by atoms with van der Waals surface area (Å²) < 4.78 is 5.30. The molecule has 1 aliphatic rings.